The van der Waals surface area contributed by atoms with E-state index in [0.717, 1.165) is 0 Å². The van der Waals surface area contributed by atoms with Crippen molar-refractivity contribution in [3.63, 3.8) is 0 Å². The molecule has 1 aromatic carbocycles. The third-order valence-corrected chi connectivity index (χ3v) is 4.81. The van der Waals surface area contributed by atoms with E-state index in [1.165, 1.54) is 0 Å². The van der Waals surface area contributed by atoms with Gasteiger partial charge in [0, 0.05) is 13.0 Å². The summed E-state index contributed by atoms with van der Waals surface area (Å²) in [5, 5.41) is 5.52. The highest BCUT2D eigenvalue weighted by Gasteiger charge is 2.28. The predicted molar refractivity (Wildman–Crippen MR) is 91.4 cm³/mol. The van der Waals surface area contributed by atoms with Gasteiger partial charge in [-0.15, -0.1) is 0 Å². The van der Waals surface area contributed by atoms with Crippen LogP contribution >= 0.6 is 15.9 Å². The van der Waals surface area contributed by atoms with E-state index in [4.69, 9.17) is 4.74 Å². The summed E-state index contributed by atoms with van der Waals surface area (Å²) in [6, 6.07) is 7.19. The number of benzene rings is 1. The zero-order chi connectivity index (χ0) is 16.8. The number of ether oxygens (including phenoxy) is 1. The maximum absolute atomic E-state index is 11.9. The van der Waals surface area contributed by atoms with Gasteiger partial charge >= 0.3 is 0 Å². The second-order valence-corrected chi connectivity index (χ2v) is 6.93. The largest absolute Gasteiger partial charge is 0.495 e. The Hall–Kier alpha value is -1.56. The van der Waals surface area contributed by atoms with E-state index < -0.39 is 0 Å². The van der Waals surface area contributed by atoms with Crippen molar-refractivity contribution in [1.82, 2.24) is 5.32 Å². The van der Waals surface area contributed by atoms with Crippen molar-refractivity contribution < 1.29 is 14.3 Å². The molecule has 122 valence electrons. The van der Waals surface area contributed by atoms with Crippen molar-refractivity contribution in [3.8, 4) is 5.75 Å². The molecule has 1 aromatic rings. The van der Waals surface area contributed by atoms with Crippen molar-refractivity contribution in [2.75, 3.05) is 19.0 Å². The summed E-state index contributed by atoms with van der Waals surface area (Å²) >= 11 is 3.37. The summed E-state index contributed by atoms with van der Waals surface area (Å²) in [5.74, 6) is 0.317. The first kappa shape index (κ1) is 18.5. The third-order valence-electron chi connectivity index (χ3n) is 3.02. The summed E-state index contributed by atoms with van der Waals surface area (Å²) in [4.78, 5) is 23.5. The molecular formula is C16H23BrN2O3. The van der Waals surface area contributed by atoms with Gasteiger partial charge in [-0.25, -0.2) is 0 Å². The SMILES string of the molecule is COc1ccccc1NC(=O)CCNC(=O)[C@@H](Br)C(C)(C)C. The van der Waals surface area contributed by atoms with Crippen molar-refractivity contribution in [2.45, 2.75) is 32.0 Å². The van der Waals surface area contributed by atoms with Crippen LogP contribution in [0, 0.1) is 5.41 Å². The Morgan fingerprint density at radius 3 is 2.50 bits per heavy atom. The number of alkyl halides is 1. The predicted octanol–water partition coefficient (Wildman–Crippen LogP) is 2.95. The summed E-state index contributed by atoms with van der Waals surface area (Å²) < 4.78 is 5.17. The zero-order valence-electron chi connectivity index (χ0n) is 13.4. The number of carbonyl (C=O) groups is 2. The van der Waals surface area contributed by atoms with E-state index in [1.807, 2.05) is 32.9 Å². The fraction of sp³-hybridized carbons (Fsp3) is 0.500. The van der Waals surface area contributed by atoms with Crippen LogP contribution in [-0.2, 0) is 9.59 Å². The number of anilines is 1. The molecule has 6 heteroatoms. The fourth-order valence-electron chi connectivity index (χ4n) is 1.74. The molecule has 0 aliphatic carbocycles. The molecule has 0 aromatic heterocycles. The second kappa shape index (κ2) is 8.17. The molecule has 0 aliphatic heterocycles. The van der Waals surface area contributed by atoms with Gasteiger partial charge < -0.3 is 15.4 Å². The molecule has 22 heavy (non-hydrogen) atoms. The van der Waals surface area contributed by atoms with Crippen LogP contribution in [0.15, 0.2) is 24.3 Å². The highest BCUT2D eigenvalue weighted by atomic mass is 79.9. The number of halogens is 1. The Kier molecular flexibility index (Phi) is 6.87. The Bertz CT molecular complexity index is 526. The number of methoxy groups -OCH3 is 1. The van der Waals surface area contributed by atoms with Crippen LogP contribution in [0.2, 0.25) is 0 Å². The molecule has 0 heterocycles. The van der Waals surface area contributed by atoms with E-state index in [0.29, 0.717) is 11.4 Å². The summed E-state index contributed by atoms with van der Waals surface area (Å²) in [5.41, 5.74) is 0.443. The molecule has 0 aliphatic rings. The molecule has 0 fully saturated rings. The number of amides is 2. The average Bonchev–Trinajstić information content (AvgIpc) is 2.45. The molecule has 0 saturated heterocycles. The van der Waals surface area contributed by atoms with Crippen molar-refractivity contribution in [2.24, 2.45) is 5.41 Å². The summed E-state index contributed by atoms with van der Waals surface area (Å²) in [6.45, 7) is 6.21. The lowest BCUT2D eigenvalue weighted by Crippen LogP contribution is -2.39. The normalized spacial score (nSPS) is 12.4. The van der Waals surface area contributed by atoms with Crippen LogP contribution in [0.5, 0.6) is 5.75 Å². The van der Waals surface area contributed by atoms with Crippen molar-refractivity contribution >= 4 is 33.4 Å². The smallest absolute Gasteiger partial charge is 0.234 e. The van der Waals surface area contributed by atoms with Gasteiger partial charge in [0.2, 0.25) is 11.8 Å². The molecular weight excluding hydrogens is 348 g/mol. The lowest BCUT2D eigenvalue weighted by Gasteiger charge is -2.24. The first-order valence-electron chi connectivity index (χ1n) is 7.10. The van der Waals surface area contributed by atoms with Gasteiger partial charge in [0.05, 0.1) is 17.6 Å². The first-order chi connectivity index (χ1) is 10.3. The van der Waals surface area contributed by atoms with Crippen LogP contribution < -0.4 is 15.4 Å². The molecule has 0 bridgehead atoms. The van der Waals surface area contributed by atoms with Gasteiger partial charge in [-0.05, 0) is 17.5 Å². The number of carbonyl (C=O) groups excluding carboxylic acids is 2. The zero-order valence-corrected chi connectivity index (χ0v) is 15.0. The van der Waals surface area contributed by atoms with E-state index in [2.05, 4.69) is 26.6 Å². The van der Waals surface area contributed by atoms with Gasteiger partial charge in [-0.1, -0.05) is 48.8 Å². The Labute approximate surface area is 139 Å². The van der Waals surface area contributed by atoms with Crippen LogP contribution in [0.25, 0.3) is 0 Å². The second-order valence-electron chi connectivity index (χ2n) is 6.02. The Balaban J connectivity index is 2.43. The summed E-state index contributed by atoms with van der Waals surface area (Å²) in [7, 11) is 1.55. The molecule has 2 N–H and O–H groups in total. The third kappa shape index (κ3) is 5.67. The molecule has 0 saturated carbocycles. The quantitative estimate of drug-likeness (QED) is 0.756. The van der Waals surface area contributed by atoms with E-state index in [-0.39, 0.29) is 35.0 Å². The van der Waals surface area contributed by atoms with Gasteiger partial charge in [-0.2, -0.15) is 0 Å². The highest BCUT2D eigenvalue weighted by Crippen LogP contribution is 2.26. The van der Waals surface area contributed by atoms with Crippen molar-refractivity contribution in [3.05, 3.63) is 24.3 Å². The lowest BCUT2D eigenvalue weighted by molar-refractivity contribution is -0.122. The molecule has 5 nitrogen and oxygen atoms in total. The number of hydrogen-bond acceptors (Lipinski definition) is 3. The van der Waals surface area contributed by atoms with Crippen molar-refractivity contribution in [1.29, 1.82) is 0 Å². The molecule has 0 spiro atoms. The highest BCUT2D eigenvalue weighted by molar-refractivity contribution is 9.10. The van der Waals surface area contributed by atoms with E-state index in [1.54, 1.807) is 19.2 Å². The summed E-state index contributed by atoms with van der Waals surface area (Å²) in [6.07, 6.45) is 0.202. The van der Waals surface area contributed by atoms with Crippen LogP contribution in [0.1, 0.15) is 27.2 Å². The number of rotatable bonds is 6. The van der Waals surface area contributed by atoms with Crippen LogP contribution in [-0.4, -0.2) is 30.3 Å². The number of hydrogen-bond donors (Lipinski definition) is 2. The maximum Gasteiger partial charge on any atom is 0.234 e. The minimum atomic E-state index is -0.294. The van der Waals surface area contributed by atoms with E-state index >= 15 is 0 Å². The maximum atomic E-state index is 11.9. The monoisotopic (exact) mass is 370 g/mol. The van der Waals surface area contributed by atoms with Crippen LogP contribution in [0.4, 0.5) is 5.69 Å². The fourth-order valence-corrected chi connectivity index (χ4v) is 1.90. The van der Waals surface area contributed by atoms with Crippen LogP contribution in [0.3, 0.4) is 0 Å². The minimum Gasteiger partial charge on any atom is -0.495 e. The van der Waals surface area contributed by atoms with Gasteiger partial charge in [-0.3, -0.25) is 9.59 Å². The molecule has 2 amide bonds. The van der Waals surface area contributed by atoms with Gasteiger partial charge in [0.15, 0.2) is 0 Å². The number of para-hydroxylation sites is 2. The molecule has 1 atom stereocenters. The van der Waals surface area contributed by atoms with Gasteiger partial charge in [0.25, 0.3) is 0 Å². The first-order valence-corrected chi connectivity index (χ1v) is 8.02. The molecule has 1 rings (SSSR count). The molecule has 0 radical (unpaired) electrons. The standard InChI is InChI=1S/C16H23BrN2O3/c1-16(2,3)14(17)15(21)18-10-9-13(20)19-11-7-5-6-8-12(11)22-4/h5-8,14H,9-10H2,1-4H3,(H,18,21)(H,19,20)/t14-/m1/s1. The van der Waals surface area contributed by atoms with E-state index in [9.17, 15) is 9.59 Å². The number of nitrogens with one attached hydrogen (secondary N) is 2. The Morgan fingerprint density at radius 2 is 1.91 bits per heavy atom. The lowest BCUT2D eigenvalue weighted by atomic mass is 9.92. The average molecular weight is 371 g/mol. The minimum absolute atomic E-state index is 0.113. The topological polar surface area (TPSA) is 67.4 Å². The van der Waals surface area contributed by atoms with Gasteiger partial charge in [0.1, 0.15) is 5.75 Å². The Morgan fingerprint density at radius 1 is 1.27 bits per heavy atom. The molecule has 0 unspecified atom stereocenters.